The molecule has 1 aromatic heterocycles. The van der Waals surface area contributed by atoms with Crippen LogP contribution in [0.4, 0.5) is 0 Å². The molecule has 0 N–H and O–H groups in total. The second-order valence-electron chi connectivity index (χ2n) is 6.26. The van der Waals surface area contributed by atoms with Crippen LogP contribution in [0.3, 0.4) is 0 Å². The van der Waals surface area contributed by atoms with Gasteiger partial charge in [-0.05, 0) is 48.7 Å². The Morgan fingerprint density at radius 2 is 1.42 bits per heavy atom. The Hall–Kier alpha value is -2.93. The van der Waals surface area contributed by atoms with Gasteiger partial charge in [-0.1, -0.05) is 66.2 Å². The Morgan fingerprint density at radius 1 is 0.667 bits per heavy atom. The molecule has 24 heavy (non-hydrogen) atoms. The Kier molecular flexibility index (Phi) is 3.62. The van der Waals surface area contributed by atoms with Gasteiger partial charge in [-0.15, -0.1) is 0 Å². The van der Waals surface area contributed by atoms with Crippen LogP contribution in [-0.4, -0.2) is 4.98 Å². The fourth-order valence-electron chi connectivity index (χ4n) is 3.18. The molecule has 1 heteroatoms. The maximum absolute atomic E-state index is 4.93. The summed E-state index contributed by atoms with van der Waals surface area (Å²) in [4.78, 5) is 4.93. The zero-order chi connectivity index (χ0) is 16.5. The molecule has 0 radical (unpaired) electrons. The first-order chi connectivity index (χ1) is 11.7. The summed E-state index contributed by atoms with van der Waals surface area (Å²) >= 11 is 0. The van der Waals surface area contributed by atoms with Crippen LogP contribution in [0.1, 0.15) is 11.1 Å². The van der Waals surface area contributed by atoms with Crippen LogP contribution < -0.4 is 0 Å². The SMILES string of the molecule is Cc1ccc(C)c(-c2cc(-c3ccccc3)c3ccccc3n2)c1. The summed E-state index contributed by atoms with van der Waals surface area (Å²) < 4.78 is 0. The number of aromatic nitrogens is 1. The van der Waals surface area contributed by atoms with E-state index in [1.54, 1.807) is 0 Å². The number of para-hydroxylation sites is 1. The lowest BCUT2D eigenvalue weighted by molar-refractivity contribution is 1.33. The van der Waals surface area contributed by atoms with Crippen LogP contribution in [0.25, 0.3) is 33.3 Å². The number of fused-ring (bicyclic) bond motifs is 1. The van der Waals surface area contributed by atoms with Crippen molar-refractivity contribution in [3.63, 3.8) is 0 Å². The molecule has 4 rings (SSSR count). The molecule has 1 nitrogen and oxygen atoms in total. The van der Waals surface area contributed by atoms with Gasteiger partial charge in [0.05, 0.1) is 11.2 Å². The molecule has 0 bridgehead atoms. The van der Waals surface area contributed by atoms with Gasteiger partial charge in [-0.2, -0.15) is 0 Å². The van der Waals surface area contributed by atoms with Crippen LogP contribution in [0, 0.1) is 13.8 Å². The highest BCUT2D eigenvalue weighted by atomic mass is 14.7. The molecule has 0 fully saturated rings. The van der Waals surface area contributed by atoms with Gasteiger partial charge >= 0.3 is 0 Å². The summed E-state index contributed by atoms with van der Waals surface area (Å²) in [6, 6.07) is 27.7. The van der Waals surface area contributed by atoms with Gasteiger partial charge in [-0.3, -0.25) is 0 Å². The van der Waals surface area contributed by atoms with Crippen LogP contribution in [0.5, 0.6) is 0 Å². The zero-order valence-electron chi connectivity index (χ0n) is 14.0. The van der Waals surface area contributed by atoms with E-state index >= 15 is 0 Å². The normalized spacial score (nSPS) is 10.9. The summed E-state index contributed by atoms with van der Waals surface area (Å²) in [6.45, 7) is 4.27. The highest BCUT2D eigenvalue weighted by Crippen LogP contribution is 2.33. The number of hydrogen-bond acceptors (Lipinski definition) is 1. The van der Waals surface area contributed by atoms with E-state index in [9.17, 15) is 0 Å². The molecule has 0 spiro atoms. The Bertz CT molecular complexity index is 1020. The van der Waals surface area contributed by atoms with Crippen molar-refractivity contribution in [2.24, 2.45) is 0 Å². The third kappa shape index (κ3) is 2.59. The van der Waals surface area contributed by atoms with Crippen molar-refractivity contribution in [1.29, 1.82) is 0 Å². The van der Waals surface area contributed by atoms with E-state index in [-0.39, 0.29) is 0 Å². The fraction of sp³-hybridized carbons (Fsp3) is 0.0870. The second kappa shape index (κ2) is 5.93. The zero-order valence-corrected chi connectivity index (χ0v) is 14.0. The first-order valence-corrected chi connectivity index (χ1v) is 8.25. The molecular weight excluding hydrogens is 290 g/mol. The number of pyridine rings is 1. The summed E-state index contributed by atoms with van der Waals surface area (Å²) in [5.41, 5.74) is 8.25. The van der Waals surface area contributed by atoms with Gasteiger partial charge in [0, 0.05) is 10.9 Å². The minimum Gasteiger partial charge on any atom is -0.248 e. The van der Waals surface area contributed by atoms with E-state index in [0.717, 1.165) is 11.2 Å². The van der Waals surface area contributed by atoms with Crippen molar-refractivity contribution < 1.29 is 0 Å². The third-order valence-corrected chi connectivity index (χ3v) is 4.47. The van der Waals surface area contributed by atoms with Gasteiger partial charge in [0.1, 0.15) is 0 Å². The lowest BCUT2D eigenvalue weighted by Crippen LogP contribution is -1.92. The van der Waals surface area contributed by atoms with Crippen molar-refractivity contribution in [2.75, 3.05) is 0 Å². The highest BCUT2D eigenvalue weighted by molar-refractivity contribution is 5.96. The molecule has 3 aromatic carbocycles. The molecular formula is C23H19N. The molecule has 0 unspecified atom stereocenters. The molecule has 0 amide bonds. The molecule has 4 aromatic rings. The molecule has 116 valence electrons. The van der Waals surface area contributed by atoms with Gasteiger partial charge in [0.15, 0.2) is 0 Å². The minimum atomic E-state index is 1.04. The first kappa shape index (κ1) is 14.6. The van der Waals surface area contributed by atoms with Crippen molar-refractivity contribution in [3.05, 3.63) is 90.0 Å². The number of hydrogen-bond donors (Lipinski definition) is 0. The van der Waals surface area contributed by atoms with Crippen LogP contribution in [0.15, 0.2) is 78.9 Å². The summed E-state index contributed by atoms with van der Waals surface area (Å²) in [5, 5.41) is 1.19. The topological polar surface area (TPSA) is 12.9 Å². The molecule has 1 heterocycles. The van der Waals surface area contributed by atoms with Crippen LogP contribution >= 0.6 is 0 Å². The maximum Gasteiger partial charge on any atom is 0.0718 e. The fourth-order valence-corrected chi connectivity index (χ4v) is 3.18. The summed E-state index contributed by atoms with van der Waals surface area (Å²) in [7, 11) is 0. The molecule has 0 aliphatic carbocycles. The van der Waals surface area contributed by atoms with E-state index in [4.69, 9.17) is 4.98 Å². The van der Waals surface area contributed by atoms with Gasteiger partial charge in [-0.25, -0.2) is 4.98 Å². The summed E-state index contributed by atoms with van der Waals surface area (Å²) in [6.07, 6.45) is 0. The predicted octanol–water partition coefficient (Wildman–Crippen LogP) is 6.19. The van der Waals surface area contributed by atoms with E-state index in [1.165, 1.54) is 33.2 Å². The van der Waals surface area contributed by atoms with Crippen LogP contribution in [0.2, 0.25) is 0 Å². The second-order valence-corrected chi connectivity index (χ2v) is 6.26. The monoisotopic (exact) mass is 309 g/mol. The van der Waals surface area contributed by atoms with E-state index in [2.05, 4.69) is 92.7 Å². The number of benzene rings is 3. The first-order valence-electron chi connectivity index (χ1n) is 8.25. The minimum absolute atomic E-state index is 1.04. The quantitative estimate of drug-likeness (QED) is 0.430. The van der Waals surface area contributed by atoms with Crippen molar-refractivity contribution in [3.8, 4) is 22.4 Å². The van der Waals surface area contributed by atoms with E-state index in [0.29, 0.717) is 0 Å². The number of nitrogens with zero attached hydrogens (tertiary/aromatic N) is 1. The standard InChI is InChI=1S/C23H19N/c1-16-12-13-17(2)20(14-16)23-15-21(18-8-4-3-5-9-18)19-10-6-7-11-22(19)24-23/h3-15H,1-2H3. The largest absolute Gasteiger partial charge is 0.248 e. The molecule has 0 aliphatic rings. The Balaban J connectivity index is 2.03. The predicted molar refractivity (Wildman–Crippen MR) is 102 cm³/mol. The van der Waals surface area contributed by atoms with Gasteiger partial charge in [0.25, 0.3) is 0 Å². The maximum atomic E-state index is 4.93. The molecule has 0 saturated carbocycles. The van der Waals surface area contributed by atoms with Crippen molar-refractivity contribution in [2.45, 2.75) is 13.8 Å². The Morgan fingerprint density at radius 3 is 2.25 bits per heavy atom. The van der Waals surface area contributed by atoms with Gasteiger partial charge in [0.2, 0.25) is 0 Å². The highest BCUT2D eigenvalue weighted by Gasteiger charge is 2.10. The molecule has 0 atom stereocenters. The lowest BCUT2D eigenvalue weighted by Gasteiger charge is -2.12. The summed E-state index contributed by atoms with van der Waals surface area (Å²) in [5.74, 6) is 0. The average molecular weight is 309 g/mol. The van der Waals surface area contributed by atoms with E-state index in [1.807, 2.05) is 0 Å². The molecule has 0 aliphatic heterocycles. The van der Waals surface area contributed by atoms with Gasteiger partial charge < -0.3 is 0 Å². The number of rotatable bonds is 2. The average Bonchev–Trinajstić information content (AvgIpc) is 2.63. The smallest absolute Gasteiger partial charge is 0.0718 e. The van der Waals surface area contributed by atoms with Crippen molar-refractivity contribution in [1.82, 2.24) is 4.98 Å². The van der Waals surface area contributed by atoms with Crippen LogP contribution in [-0.2, 0) is 0 Å². The third-order valence-electron chi connectivity index (χ3n) is 4.47. The Labute approximate surface area is 142 Å². The number of aryl methyl sites for hydroxylation is 2. The molecule has 0 saturated heterocycles. The van der Waals surface area contributed by atoms with E-state index < -0.39 is 0 Å². The lowest BCUT2D eigenvalue weighted by atomic mass is 9.96. The van der Waals surface area contributed by atoms with Crippen molar-refractivity contribution >= 4 is 10.9 Å².